The zero-order valence-corrected chi connectivity index (χ0v) is 14.6. The average Bonchev–Trinajstić information content (AvgIpc) is 3.16. The van der Waals surface area contributed by atoms with Gasteiger partial charge in [-0.2, -0.15) is 0 Å². The fourth-order valence-electron chi connectivity index (χ4n) is 2.85. The highest BCUT2D eigenvalue weighted by molar-refractivity contribution is 6.31. The van der Waals surface area contributed by atoms with Gasteiger partial charge < -0.3 is 4.42 Å². The third-order valence-electron chi connectivity index (χ3n) is 4.20. The highest BCUT2D eigenvalue weighted by atomic mass is 16.6. The highest BCUT2D eigenvalue weighted by Gasteiger charge is 2.20. The minimum Gasteiger partial charge on any atom is -0.436 e. The summed E-state index contributed by atoms with van der Waals surface area (Å²) in [6, 6.07) is 22.0. The van der Waals surface area contributed by atoms with Crippen LogP contribution in [-0.4, -0.2) is 15.7 Å². The zero-order chi connectivity index (χ0) is 19.5. The molecule has 0 fully saturated rings. The van der Waals surface area contributed by atoms with Crippen molar-refractivity contribution in [1.82, 2.24) is 4.98 Å². The Labute approximate surface area is 159 Å². The second kappa shape index (κ2) is 7.28. The van der Waals surface area contributed by atoms with Gasteiger partial charge in [-0.25, -0.2) is 4.98 Å². The number of ketones is 1. The second-order valence-electron chi connectivity index (χ2n) is 6.09. The van der Waals surface area contributed by atoms with Crippen LogP contribution in [0.5, 0.6) is 0 Å². The van der Waals surface area contributed by atoms with Crippen LogP contribution in [-0.2, 0) is 0 Å². The van der Waals surface area contributed by atoms with Crippen molar-refractivity contribution >= 4 is 34.2 Å². The highest BCUT2D eigenvalue weighted by Crippen LogP contribution is 2.27. The van der Waals surface area contributed by atoms with Crippen molar-refractivity contribution < 1.29 is 14.1 Å². The number of hydrogen-bond acceptors (Lipinski definition) is 5. The Bertz CT molecular complexity index is 1180. The van der Waals surface area contributed by atoms with Gasteiger partial charge in [-0.05, 0) is 23.8 Å². The monoisotopic (exact) mass is 370 g/mol. The van der Waals surface area contributed by atoms with E-state index in [1.165, 1.54) is 12.1 Å². The Kier molecular flexibility index (Phi) is 4.51. The van der Waals surface area contributed by atoms with E-state index in [1.54, 1.807) is 54.6 Å². The molecule has 0 radical (unpaired) electrons. The molecule has 0 spiro atoms. The van der Waals surface area contributed by atoms with Gasteiger partial charge in [-0.15, -0.1) is 0 Å². The third kappa shape index (κ3) is 3.43. The van der Waals surface area contributed by atoms with Crippen LogP contribution in [0.25, 0.3) is 22.7 Å². The smallest absolute Gasteiger partial charge is 0.270 e. The molecule has 4 aromatic rings. The molecule has 6 nitrogen and oxygen atoms in total. The first kappa shape index (κ1) is 17.4. The minimum atomic E-state index is -0.477. The number of aromatic nitrogens is 1. The van der Waals surface area contributed by atoms with Crippen molar-refractivity contribution in [3.05, 3.63) is 106 Å². The van der Waals surface area contributed by atoms with Gasteiger partial charge in [-0.1, -0.05) is 54.6 Å². The molecule has 0 unspecified atom stereocenters. The van der Waals surface area contributed by atoms with E-state index in [1.807, 2.05) is 18.2 Å². The van der Waals surface area contributed by atoms with Gasteiger partial charge in [0, 0.05) is 17.7 Å². The van der Waals surface area contributed by atoms with Gasteiger partial charge in [0.1, 0.15) is 5.52 Å². The molecular formula is C22H14N2O4. The number of hydrogen-bond donors (Lipinski definition) is 0. The molecule has 0 saturated carbocycles. The van der Waals surface area contributed by atoms with Gasteiger partial charge >= 0.3 is 0 Å². The molecule has 4 rings (SSSR count). The summed E-state index contributed by atoms with van der Waals surface area (Å²) in [5.74, 6) is -0.111. The van der Waals surface area contributed by atoms with E-state index in [-0.39, 0.29) is 22.9 Å². The summed E-state index contributed by atoms with van der Waals surface area (Å²) in [7, 11) is 0. The van der Waals surface area contributed by atoms with Crippen LogP contribution in [0.1, 0.15) is 21.8 Å². The van der Waals surface area contributed by atoms with Crippen molar-refractivity contribution in [2.45, 2.75) is 0 Å². The van der Waals surface area contributed by atoms with Crippen molar-refractivity contribution in [2.24, 2.45) is 0 Å². The van der Waals surface area contributed by atoms with E-state index >= 15 is 0 Å². The average molecular weight is 370 g/mol. The maximum atomic E-state index is 13.1. The van der Waals surface area contributed by atoms with E-state index in [4.69, 9.17) is 4.42 Å². The third-order valence-corrected chi connectivity index (χ3v) is 4.20. The largest absolute Gasteiger partial charge is 0.436 e. The van der Waals surface area contributed by atoms with E-state index in [0.29, 0.717) is 22.2 Å². The van der Waals surface area contributed by atoms with Crippen LogP contribution >= 0.6 is 0 Å². The molecule has 3 aromatic carbocycles. The molecule has 0 bridgehead atoms. The first-order valence-corrected chi connectivity index (χ1v) is 8.54. The lowest BCUT2D eigenvalue weighted by Crippen LogP contribution is -2.03. The number of carbonyl (C=O) groups is 1. The number of Topliss-reactive ketones (excluding diaryl/α,β-unsaturated/α-hetero) is 1. The van der Waals surface area contributed by atoms with Crippen LogP contribution < -0.4 is 0 Å². The van der Waals surface area contributed by atoms with Crippen LogP contribution in [0.15, 0.2) is 83.3 Å². The summed E-state index contributed by atoms with van der Waals surface area (Å²) >= 11 is 0. The van der Waals surface area contributed by atoms with E-state index in [2.05, 4.69) is 4.98 Å². The predicted octanol–water partition coefficient (Wildman–Crippen LogP) is 5.16. The number of carbonyl (C=O) groups excluding carboxylic acids is 1. The van der Waals surface area contributed by atoms with E-state index < -0.39 is 4.92 Å². The Morgan fingerprint density at radius 3 is 2.46 bits per heavy atom. The number of nitro benzene ring substituents is 1. The number of nitro groups is 1. The number of para-hydroxylation sites is 2. The number of rotatable bonds is 5. The number of fused-ring (bicyclic) bond motifs is 1. The number of non-ortho nitro benzene ring substituents is 1. The molecule has 28 heavy (non-hydrogen) atoms. The normalized spacial score (nSPS) is 11.5. The Morgan fingerprint density at radius 2 is 1.71 bits per heavy atom. The molecule has 0 aliphatic carbocycles. The van der Waals surface area contributed by atoms with E-state index in [0.717, 1.165) is 0 Å². The van der Waals surface area contributed by atoms with Gasteiger partial charge in [0.05, 0.1) is 10.5 Å². The molecule has 6 heteroatoms. The zero-order valence-electron chi connectivity index (χ0n) is 14.6. The number of benzene rings is 3. The first-order valence-electron chi connectivity index (χ1n) is 8.54. The van der Waals surface area contributed by atoms with Crippen LogP contribution in [0, 0.1) is 10.1 Å². The molecule has 0 aliphatic heterocycles. The summed E-state index contributed by atoms with van der Waals surface area (Å²) in [5, 5.41) is 11.1. The van der Waals surface area contributed by atoms with Crippen LogP contribution in [0.3, 0.4) is 0 Å². The molecule has 136 valence electrons. The molecule has 1 aromatic heterocycles. The molecule has 0 saturated heterocycles. The lowest BCUT2D eigenvalue weighted by Gasteiger charge is -2.04. The molecule has 1 heterocycles. The topological polar surface area (TPSA) is 86.2 Å². The Balaban J connectivity index is 1.87. The fourth-order valence-corrected chi connectivity index (χ4v) is 2.85. The number of oxazole rings is 1. The predicted molar refractivity (Wildman–Crippen MR) is 106 cm³/mol. The van der Waals surface area contributed by atoms with E-state index in [9.17, 15) is 14.9 Å². The molecule has 0 N–H and O–H groups in total. The maximum absolute atomic E-state index is 13.1. The lowest BCUT2D eigenvalue weighted by atomic mass is 10.0. The van der Waals surface area contributed by atoms with Gasteiger partial charge in [0.25, 0.3) is 5.69 Å². The van der Waals surface area contributed by atoms with Crippen molar-refractivity contribution in [2.75, 3.05) is 0 Å². The lowest BCUT2D eigenvalue weighted by molar-refractivity contribution is -0.384. The van der Waals surface area contributed by atoms with Crippen molar-refractivity contribution in [3.63, 3.8) is 0 Å². The standard InChI is InChI=1S/C22H14N2O4/c25-21(16-8-2-1-3-9-16)18(14-15-7-6-10-17(13-15)24(26)27)22-23-19-11-4-5-12-20(19)28-22/h1-14H. The van der Waals surface area contributed by atoms with Gasteiger partial charge in [-0.3, -0.25) is 14.9 Å². The van der Waals surface area contributed by atoms with Gasteiger partial charge in [0.15, 0.2) is 11.4 Å². The first-order chi connectivity index (χ1) is 13.6. The molecular weight excluding hydrogens is 356 g/mol. The fraction of sp³-hybridized carbons (Fsp3) is 0. The molecule has 0 aliphatic rings. The number of allylic oxidation sites excluding steroid dienone is 1. The van der Waals surface area contributed by atoms with Crippen LogP contribution in [0.2, 0.25) is 0 Å². The summed E-state index contributed by atoms with van der Waals surface area (Å²) in [6.45, 7) is 0. The summed E-state index contributed by atoms with van der Waals surface area (Å²) in [5.41, 5.74) is 2.34. The Morgan fingerprint density at radius 1 is 0.964 bits per heavy atom. The van der Waals surface area contributed by atoms with Crippen molar-refractivity contribution in [1.29, 1.82) is 0 Å². The van der Waals surface area contributed by atoms with Gasteiger partial charge in [0.2, 0.25) is 5.89 Å². The number of nitrogens with zero attached hydrogens (tertiary/aromatic N) is 2. The van der Waals surface area contributed by atoms with Crippen LogP contribution in [0.4, 0.5) is 5.69 Å². The second-order valence-corrected chi connectivity index (χ2v) is 6.09. The summed E-state index contributed by atoms with van der Waals surface area (Å²) in [6.07, 6.45) is 1.56. The SMILES string of the molecule is O=C(C(=Cc1cccc([N+](=O)[O-])c1)c1nc2ccccc2o1)c1ccccc1. The Hall–Kier alpha value is -4.06. The molecule has 0 amide bonds. The summed E-state index contributed by atoms with van der Waals surface area (Å²) in [4.78, 5) is 28.2. The minimum absolute atomic E-state index is 0.0576. The summed E-state index contributed by atoms with van der Waals surface area (Å²) < 4.78 is 5.79. The molecule has 0 atom stereocenters. The quantitative estimate of drug-likeness (QED) is 0.210. The van der Waals surface area contributed by atoms with Crippen molar-refractivity contribution in [3.8, 4) is 0 Å². The maximum Gasteiger partial charge on any atom is 0.270 e.